The van der Waals surface area contributed by atoms with Gasteiger partial charge in [-0.05, 0) is 73.5 Å². The van der Waals surface area contributed by atoms with Crippen LogP contribution in [0.25, 0.3) is 28.2 Å². The number of imidazole rings is 1. The van der Waals surface area contributed by atoms with Gasteiger partial charge < -0.3 is 15.8 Å². The number of nitrogens with one attached hydrogen (secondary N) is 1. The summed E-state index contributed by atoms with van der Waals surface area (Å²) in [5.74, 6) is 2.53. The van der Waals surface area contributed by atoms with Crippen molar-refractivity contribution in [3.8, 4) is 34.1 Å². The van der Waals surface area contributed by atoms with E-state index < -0.39 is 0 Å². The molecule has 1 amide bonds. The Morgan fingerprint density at radius 1 is 0.878 bits per heavy atom. The highest BCUT2D eigenvalue weighted by Crippen LogP contribution is 2.35. The maximum atomic E-state index is 12.9. The molecule has 0 fully saturated rings. The van der Waals surface area contributed by atoms with Crippen LogP contribution in [0.4, 0.5) is 11.5 Å². The normalized spacial score (nSPS) is 11.0. The van der Waals surface area contributed by atoms with Crippen LogP contribution < -0.4 is 15.8 Å². The molecule has 4 aromatic carbocycles. The van der Waals surface area contributed by atoms with Crippen LogP contribution >= 0.6 is 0 Å². The van der Waals surface area contributed by atoms with Crippen molar-refractivity contribution in [2.45, 2.75) is 20.3 Å². The maximum absolute atomic E-state index is 12.9. The Morgan fingerprint density at radius 2 is 1.61 bits per heavy atom. The average molecular weight is 540 g/mol. The van der Waals surface area contributed by atoms with Crippen molar-refractivity contribution in [2.24, 2.45) is 0 Å². The summed E-state index contributed by atoms with van der Waals surface area (Å²) in [5, 5.41) is 2.99. The highest BCUT2D eigenvalue weighted by Gasteiger charge is 2.20. The summed E-state index contributed by atoms with van der Waals surface area (Å²) in [4.78, 5) is 22.3. The van der Waals surface area contributed by atoms with Crippen molar-refractivity contribution in [1.29, 1.82) is 0 Å². The number of para-hydroxylation sites is 1. The van der Waals surface area contributed by atoms with Crippen LogP contribution in [0.1, 0.15) is 16.7 Å². The predicted octanol–water partition coefficient (Wildman–Crippen LogP) is 7.24. The minimum absolute atomic E-state index is 0.0750. The Morgan fingerprint density at radius 3 is 2.37 bits per heavy atom. The van der Waals surface area contributed by atoms with Crippen LogP contribution in [-0.4, -0.2) is 20.3 Å². The SMILES string of the molecule is Cc1ccc(NC(=O)Cc2cccc(-c3nc(-c4ccc(Oc5ccccc5)cc4)c4c(N)nccn34)c2C)cc1. The Hall–Kier alpha value is -5.43. The average Bonchev–Trinajstić information content (AvgIpc) is 3.37. The van der Waals surface area contributed by atoms with E-state index in [1.54, 1.807) is 6.20 Å². The number of rotatable bonds is 7. The van der Waals surface area contributed by atoms with Crippen molar-refractivity contribution >= 4 is 22.9 Å². The number of nitrogens with zero attached hydrogens (tertiary/aromatic N) is 3. The summed E-state index contributed by atoms with van der Waals surface area (Å²) in [6.45, 7) is 4.04. The lowest BCUT2D eigenvalue weighted by Crippen LogP contribution is -2.15. The summed E-state index contributed by atoms with van der Waals surface area (Å²) in [7, 11) is 0. The molecule has 0 aliphatic heterocycles. The first-order chi connectivity index (χ1) is 20.0. The van der Waals surface area contributed by atoms with E-state index in [9.17, 15) is 4.79 Å². The first kappa shape index (κ1) is 25.8. The smallest absolute Gasteiger partial charge is 0.228 e. The molecular formula is C34H29N5O2. The topological polar surface area (TPSA) is 94.5 Å². The van der Waals surface area contributed by atoms with E-state index in [-0.39, 0.29) is 12.3 Å². The molecule has 6 rings (SSSR count). The third-order valence-corrected chi connectivity index (χ3v) is 7.06. The van der Waals surface area contributed by atoms with E-state index in [4.69, 9.17) is 15.5 Å². The summed E-state index contributed by atoms with van der Waals surface area (Å²) in [6, 6.07) is 31.1. The van der Waals surface area contributed by atoms with E-state index in [0.717, 1.165) is 62.0 Å². The van der Waals surface area contributed by atoms with Crippen molar-refractivity contribution in [3.05, 3.63) is 126 Å². The molecule has 0 bridgehead atoms. The van der Waals surface area contributed by atoms with Crippen LogP contribution in [-0.2, 0) is 11.2 Å². The number of aryl methyl sites for hydroxylation is 1. The second kappa shape index (κ2) is 11.0. The molecule has 0 atom stereocenters. The van der Waals surface area contributed by atoms with Gasteiger partial charge in [0.15, 0.2) is 0 Å². The highest BCUT2D eigenvalue weighted by atomic mass is 16.5. The van der Waals surface area contributed by atoms with Crippen molar-refractivity contribution in [1.82, 2.24) is 14.4 Å². The Balaban J connectivity index is 1.33. The molecule has 6 aromatic rings. The van der Waals surface area contributed by atoms with Gasteiger partial charge >= 0.3 is 0 Å². The highest BCUT2D eigenvalue weighted by molar-refractivity contribution is 5.93. The van der Waals surface area contributed by atoms with Gasteiger partial charge in [0, 0.05) is 29.2 Å². The van der Waals surface area contributed by atoms with Crippen LogP contribution in [0.3, 0.4) is 0 Å². The lowest BCUT2D eigenvalue weighted by Gasteiger charge is -2.12. The number of hydrogen-bond acceptors (Lipinski definition) is 5. The minimum atomic E-state index is -0.0750. The van der Waals surface area contributed by atoms with Crippen LogP contribution in [0, 0.1) is 13.8 Å². The first-order valence-electron chi connectivity index (χ1n) is 13.4. The Kier molecular flexibility index (Phi) is 6.92. The monoisotopic (exact) mass is 539 g/mol. The molecule has 0 spiro atoms. The van der Waals surface area contributed by atoms with Crippen molar-refractivity contribution < 1.29 is 9.53 Å². The number of carbonyl (C=O) groups is 1. The fraction of sp³-hybridized carbons (Fsp3) is 0.0882. The molecule has 0 saturated heterocycles. The number of amides is 1. The van der Waals surface area contributed by atoms with E-state index >= 15 is 0 Å². The number of carbonyl (C=O) groups excluding carboxylic acids is 1. The van der Waals surface area contributed by atoms with Gasteiger partial charge in [-0.3, -0.25) is 9.20 Å². The van der Waals surface area contributed by atoms with Crippen molar-refractivity contribution in [3.63, 3.8) is 0 Å². The number of aromatic nitrogens is 3. The molecule has 0 unspecified atom stereocenters. The second-order valence-corrected chi connectivity index (χ2v) is 9.94. The number of nitrogen functional groups attached to an aromatic ring is 1. The lowest BCUT2D eigenvalue weighted by atomic mass is 9.99. The van der Waals surface area contributed by atoms with Crippen LogP contribution in [0.15, 0.2) is 109 Å². The molecule has 7 heteroatoms. The Labute approximate surface area is 238 Å². The third-order valence-electron chi connectivity index (χ3n) is 7.06. The summed E-state index contributed by atoms with van der Waals surface area (Å²) in [5.41, 5.74) is 13.5. The number of ether oxygens (including phenoxy) is 1. The standard InChI is InChI=1S/C34H29N5O2/c1-22-11-15-26(16-12-22)37-30(40)21-25-7-6-10-29(23(25)2)34-38-31(32-33(35)36-19-20-39(32)34)24-13-17-28(18-14-24)41-27-8-4-3-5-9-27/h3-20H,21H2,1-2H3,(H2,35,36)(H,37,40). The van der Waals surface area contributed by atoms with Gasteiger partial charge in [0.25, 0.3) is 0 Å². The predicted molar refractivity (Wildman–Crippen MR) is 163 cm³/mol. The molecule has 0 aliphatic carbocycles. The molecule has 0 saturated carbocycles. The van der Waals surface area contributed by atoms with Crippen molar-refractivity contribution in [2.75, 3.05) is 11.1 Å². The van der Waals surface area contributed by atoms with Crippen LogP contribution in [0.2, 0.25) is 0 Å². The molecule has 41 heavy (non-hydrogen) atoms. The number of hydrogen-bond donors (Lipinski definition) is 2. The molecule has 7 nitrogen and oxygen atoms in total. The second-order valence-electron chi connectivity index (χ2n) is 9.94. The number of nitrogens with two attached hydrogens (primary N) is 1. The fourth-order valence-electron chi connectivity index (χ4n) is 4.89. The summed E-state index contributed by atoms with van der Waals surface area (Å²) < 4.78 is 7.93. The van der Waals surface area contributed by atoms with Gasteiger partial charge in [-0.15, -0.1) is 0 Å². The lowest BCUT2D eigenvalue weighted by molar-refractivity contribution is -0.115. The third kappa shape index (κ3) is 5.38. The number of fused-ring (bicyclic) bond motifs is 1. The molecule has 0 aliphatic rings. The molecule has 3 N–H and O–H groups in total. The quantitative estimate of drug-likeness (QED) is 0.223. The minimum Gasteiger partial charge on any atom is -0.457 e. The molecule has 2 aromatic heterocycles. The first-order valence-corrected chi connectivity index (χ1v) is 13.4. The van der Waals surface area contributed by atoms with Gasteiger partial charge in [-0.2, -0.15) is 0 Å². The van der Waals surface area contributed by atoms with Gasteiger partial charge in [0.1, 0.15) is 34.4 Å². The zero-order chi connectivity index (χ0) is 28.3. The summed E-state index contributed by atoms with van der Waals surface area (Å²) >= 11 is 0. The zero-order valence-corrected chi connectivity index (χ0v) is 22.8. The van der Waals surface area contributed by atoms with E-state index in [1.165, 1.54) is 0 Å². The van der Waals surface area contributed by atoms with Gasteiger partial charge in [-0.25, -0.2) is 9.97 Å². The zero-order valence-electron chi connectivity index (χ0n) is 22.8. The van der Waals surface area contributed by atoms with Crippen LogP contribution in [0.5, 0.6) is 11.5 Å². The maximum Gasteiger partial charge on any atom is 0.228 e. The molecular weight excluding hydrogens is 510 g/mol. The van der Waals surface area contributed by atoms with Gasteiger partial charge in [0.05, 0.1) is 6.42 Å². The van der Waals surface area contributed by atoms with E-state index in [0.29, 0.717) is 5.82 Å². The largest absolute Gasteiger partial charge is 0.457 e. The fourth-order valence-corrected chi connectivity index (χ4v) is 4.89. The number of benzene rings is 4. The van der Waals surface area contributed by atoms with E-state index in [2.05, 4.69) is 10.3 Å². The van der Waals surface area contributed by atoms with Gasteiger partial charge in [-0.1, -0.05) is 54.1 Å². The molecule has 2 heterocycles. The molecule has 0 radical (unpaired) electrons. The van der Waals surface area contributed by atoms with Gasteiger partial charge in [0.2, 0.25) is 5.91 Å². The Bertz CT molecular complexity index is 1840. The summed E-state index contributed by atoms with van der Waals surface area (Å²) in [6.07, 6.45) is 3.78. The molecule has 202 valence electrons. The van der Waals surface area contributed by atoms with E-state index in [1.807, 2.05) is 122 Å². The number of anilines is 2.